The molecule has 6 heteroatoms. The highest BCUT2D eigenvalue weighted by Crippen LogP contribution is 2.18. The van der Waals surface area contributed by atoms with E-state index in [1.54, 1.807) is 19.1 Å². The van der Waals surface area contributed by atoms with Crippen molar-refractivity contribution < 1.29 is 9.72 Å². The van der Waals surface area contributed by atoms with Gasteiger partial charge in [0, 0.05) is 17.2 Å². The van der Waals surface area contributed by atoms with E-state index < -0.39 is 4.92 Å². The zero-order valence-electron chi connectivity index (χ0n) is 12.0. The van der Waals surface area contributed by atoms with Gasteiger partial charge in [-0.1, -0.05) is 42.5 Å². The monoisotopic (exact) mass is 297 g/mol. The maximum atomic E-state index is 11.7. The Morgan fingerprint density at radius 3 is 2.68 bits per heavy atom. The van der Waals surface area contributed by atoms with Crippen LogP contribution in [-0.4, -0.2) is 17.0 Å². The van der Waals surface area contributed by atoms with Gasteiger partial charge in [-0.2, -0.15) is 5.10 Å². The number of hydrogen-bond donors (Lipinski definition) is 1. The molecule has 1 amide bonds. The van der Waals surface area contributed by atoms with Crippen molar-refractivity contribution in [3.05, 3.63) is 75.3 Å². The highest BCUT2D eigenvalue weighted by molar-refractivity contribution is 5.84. The minimum absolute atomic E-state index is 0.0274. The van der Waals surface area contributed by atoms with Gasteiger partial charge in [-0.05, 0) is 12.5 Å². The maximum Gasteiger partial charge on any atom is 0.272 e. The molecule has 22 heavy (non-hydrogen) atoms. The summed E-state index contributed by atoms with van der Waals surface area (Å²) in [7, 11) is 0. The Balaban J connectivity index is 1.96. The van der Waals surface area contributed by atoms with Crippen LogP contribution < -0.4 is 5.43 Å². The number of rotatable bonds is 5. The molecule has 6 nitrogen and oxygen atoms in total. The molecular weight excluding hydrogens is 282 g/mol. The summed E-state index contributed by atoms with van der Waals surface area (Å²) < 4.78 is 0. The summed E-state index contributed by atoms with van der Waals surface area (Å²) in [5, 5.41) is 14.7. The van der Waals surface area contributed by atoms with Crippen LogP contribution in [0.2, 0.25) is 0 Å². The molecule has 0 unspecified atom stereocenters. The minimum Gasteiger partial charge on any atom is -0.273 e. The van der Waals surface area contributed by atoms with Gasteiger partial charge in [-0.15, -0.1) is 0 Å². The van der Waals surface area contributed by atoms with Crippen molar-refractivity contribution >= 4 is 17.8 Å². The minimum atomic E-state index is -0.444. The van der Waals surface area contributed by atoms with Crippen LogP contribution in [0.1, 0.15) is 16.7 Å². The normalized spacial score (nSPS) is 10.6. The van der Waals surface area contributed by atoms with Crippen LogP contribution in [0.25, 0.3) is 0 Å². The SMILES string of the molecule is Cc1ccc(/C=N\NC(=O)Cc2ccccc2)cc1[N+](=O)[O-]. The van der Waals surface area contributed by atoms with E-state index in [1.165, 1.54) is 12.3 Å². The molecule has 112 valence electrons. The van der Waals surface area contributed by atoms with Crippen molar-refractivity contribution in [1.82, 2.24) is 5.43 Å². The maximum absolute atomic E-state index is 11.7. The molecule has 0 aliphatic carbocycles. The Morgan fingerprint density at radius 1 is 1.27 bits per heavy atom. The van der Waals surface area contributed by atoms with Crippen molar-refractivity contribution in [2.24, 2.45) is 5.10 Å². The first-order chi connectivity index (χ1) is 10.6. The molecule has 2 aromatic rings. The summed E-state index contributed by atoms with van der Waals surface area (Å²) in [5.74, 6) is -0.246. The fraction of sp³-hybridized carbons (Fsp3) is 0.125. The molecule has 0 aliphatic rings. The van der Waals surface area contributed by atoms with Crippen molar-refractivity contribution in [3.63, 3.8) is 0 Å². The number of carbonyl (C=O) groups is 1. The molecular formula is C16H15N3O3. The fourth-order valence-electron chi connectivity index (χ4n) is 1.90. The second-order valence-electron chi connectivity index (χ2n) is 4.76. The highest BCUT2D eigenvalue weighted by atomic mass is 16.6. The number of amides is 1. The smallest absolute Gasteiger partial charge is 0.272 e. The van der Waals surface area contributed by atoms with Gasteiger partial charge in [0.1, 0.15) is 0 Å². The number of benzene rings is 2. The quantitative estimate of drug-likeness (QED) is 0.523. The van der Waals surface area contributed by atoms with Crippen LogP contribution in [0, 0.1) is 17.0 Å². The van der Waals surface area contributed by atoms with Crippen LogP contribution in [0.15, 0.2) is 53.6 Å². The molecule has 2 rings (SSSR count). The Bertz CT molecular complexity index is 712. The molecule has 0 aromatic heterocycles. The number of hydrazone groups is 1. The Morgan fingerprint density at radius 2 is 2.00 bits per heavy atom. The zero-order valence-corrected chi connectivity index (χ0v) is 12.0. The van der Waals surface area contributed by atoms with E-state index in [4.69, 9.17) is 0 Å². The van der Waals surface area contributed by atoms with E-state index in [1.807, 2.05) is 30.3 Å². The predicted octanol–water partition coefficient (Wildman–Crippen LogP) is 2.60. The van der Waals surface area contributed by atoms with Crippen molar-refractivity contribution in [3.8, 4) is 0 Å². The van der Waals surface area contributed by atoms with Crippen LogP contribution in [-0.2, 0) is 11.2 Å². The summed E-state index contributed by atoms with van der Waals surface area (Å²) in [6.07, 6.45) is 1.61. The van der Waals surface area contributed by atoms with E-state index in [0.717, 1.165) is 5.56 Å². The molecule has 0 saturated carbocycles. The fourth-order valence-corrected chi connectivity index (χ4v) is 1.90. The summed E-state index contributed by atoms with van der Waals surface area (Å²) in [6, 6.07) is 14.1. The molecule has 0 atom stereocenters. The van der Waals surface area contributed by atoms with Crippen LogP contribution >= 0.6 is 0 Å². The van der Waals surface area contributed by atoms with Crippen LogP contribution in [0.4, 0.5) is 5.69 Å². The highest BCUT2D eigenvalue weighted by Gasteiger charge is 2.10. The topological polar surface area (TPSA) is 84.6 Å². The largest absolute Gasteiger partial charge is 0.273 e. The second-order valence-corrected chi connectivity index (χ2v) is 4.76. The summed E-state index contributed by atoms with van der Waals surface area (Å²) in [4.78, 5) is 22.1. The molecule has 0 bridgehead atoms. The van der Waals surface area contributed by atoms with Gasteiger partial charge in [0.15, 0.2) is 0 Å². The average Bonchev–Trinajstić information content (AvgIpc) is 2.49. The standard InChI is InChI=1S/C16H15N3O3/c1-12-7-8-14(9-15(12)19(21)22)11-17-18-16(20)10-13-5-3-2-4-6-13/h2-9,11H,10H2,1H3,(H,18,20)/b17-11-. The van der Waals surface area contributed by atoms with Gasteiger partial charge in [-0.3, -0.25) is 14.9 Å². The third-order valence-corrected chi connectivity index (χ3v) is 3.04. The third kappa shape index (κ3) is 4.24. The molecule has 0 heterocycles. The molecule has 0 aliphatic heterocycles. The lowest BCUT2D eigenvalue weighted by Gasteiger charge is -2.00. The molecule has 0 radical (unpaired) electrons. The molecule has 0 fully saturated rings. The van der Waals surface area contributed by atoms with Gasteiger partial charge < -0.3 is 0 Å². The first-order valence-corrected chi connectivity index (χ1v) is 6.67. The van der Waals surface area contributed by atoms with Gasteiger partial charge in [0.25, 0.3) is 5.69 Å². The van der Waals surface area contributed by atoms with E-state index in [-0.39, 0.29) is 18.0 Å². The number of nitro benzene ring substituents is 1. The lowest BCUT2D eigenvalue weighted by Crippen LogP contribution is -2.19. The number of nitrogens with zero attached hydrogens (tertiary/aromatic N) is 2. The van der Waals surface area contributed by atoms with Gasteiger partial charge in [0.05, 0.1) is 17.6 Å². The van der Waals surface area contributed by atoms with Crippen LogP contribution in [0.5, 0.6) is 0 Å². The number of nitro groups is 1. The van der Waals surface area contributed by atoms with E-state index in [9.17, 15) is 14.9 Å². The first-order valence-electron chi connectivity index (χ1n) is 6.67. The van der Waals surface area contributed by atoms with E-state index in [2.05, 4.69) is 10.5 Å². The molecule has 0 saturated heterocycles. The average molecular weight is 297 g/mol. The Labute approximate surface area is 127 Å². The summed E-state index contributed by atoms with van der Waals surface area (Å²) in [6.45, 7) is 1.67. The molecule has 2 aromatic carbocycles. The number of nitrogens with one attached hydrogen (secondary N) is 1. The van der Waals surface area contributed by atoms with Gasteiger partial charge >= 0.3 is 0 Å². The van der Waals surface area contributed by atoms with E-state index >= 15 is 0 Å². The summed E-state index contributed by atoms with van der Waals surface area (Å²) in [5.41, 5.74) is 4.45. The lowest BCUT2D eigenvalue weighted by atomic mass is 10.1. The van der Waals surface area contributed by atoms with Gasteiger partial charge in [0.2, 0.25) is 5.91 Å². The van der Waals surface area contributed by atoms with Crippen molar-refractivity contribution in [2.45, 2.75) is 13.3 Å². The van der Waals surface area contributed by atoms with E-state index in [0.29, 0.717) is 11.1 Å². The Kier molecular flexibility index (Phi) is 4.98. The Hall–Kier alpha value is -3.02. The van der Waals surface area contributed by atoms with Gasteiger partial charge in [-0.25, -0.2) is 5.43 Å². The van der Waals surface area contributed by atoms with Crippen molar-refractivity contribution in [2.75, 3.05) is 0 Å². The molecule has 1 N–H and O–H groups in total. The predicted molar refractivity (Wildman–Crippen MR) is 83.7 cm³/mol. The lowest BCUT2D eigenvalue weighted by molar-refractivity contribution is -0.385. The third-order valence-electron chi connectivity index (χ3n) is 3.04. The number of hydrogen-bond acceptors (Lipinski definition) is 4. The first kappa shape index (κ1) is 15.4. The molecule has 0 spiro atoms. The number of aryl methyl sites for hydroxylation is 1. The summed E-state index contributed by atoms with van der Waals surface area (Å²) >= 11 is 0. The van der Waals surface area contributed by atoms with Crippen molar-refractivity contribution in [1.29, 1.82) is 0 Å². The zero-order chi connectivity index (χ0) is 15.9. The number of carbonyl (C=O) groups excluding carboxylic acids is 1. The second kappa shape index (κ2) is 7.12. The van der Waals surface area contributed by atoms with Crippen LogP contribution in [0.3, 0.4) is 0 Å².